The number of likely N-dealkylation sites (N-methyl/N-ethyl adjacent to an activating group) is 1. The van der Waals surface area contributed by atoms with Gasteiger partial charge in [-0.2, -0.15) is 0 Å². The second-order valence-corrected chi connectivity index (χ2v) is 7.47. The minimum absolute atomic E-state index is 0.254. The average Bonchev–Trinajstić information content (AvgIpc) is 2.95. The van der Waals surface area contributed by atoms with Gasteiger partial charge in [-0.05, 0) is 43.0 Å². The summed E-state index contributed by atoms with van der Waals surface area (Å²) >= 11 is 0. The number of nitrogens with zero attached hydrogens (tertiary/aromatic N) is 2. The van der Waals surface area contributed by atoms with E-state index in [1.807, 2.05) is 6.07 Å². The molecule has 128 valence electrons. The van der Waals surface area contributed by atoms with Gasteiger partial charge in [-0.3, -0.25) is 0 Å². The molecule has 4 rings (SSSR count). The Bertz CT molecular complexity index is 1030. The maximum Gasteiger partial charge on any atom is 0.227 e. The second-order valence-electron chi connectivity index (χ2n) is 7.47. The molecular formula is C22H24N2O. The first-order valence-electron chi connectivity index (χ1n) is 8.83. The fourth-order valence-electron chi connectivity index (χ4n) is 3.78. The van der Waals surface area contributed by atoms with Crippen molar-refractivity contribution in [2.75, 3.05) is 7.05 Å². The third kappa shape index (κ3) is 2.30. The predicted octanol–water partition coefficient (Wildman–Crippen LogP) is 5.55. The minimum Gasteiger partial charge on any atom is -0.437 e. The van der Waals surface area contributed by atoms with Gasteiger partial charge in [-0.25, -0.2) is 4.98 Å². The van der Waals surface area contributed by atoms with Crippen molar-refractivity contribution in [1.29, 1.82) is 0 Å². The third-order valence-electron chi connectivity index (χ3n) is 5.47. The predicted molar refractivity (Wildman–Crippen MR) is 103 cm³/mol. The maximum absolute atomic E-state index is 6.21. The highest BCUT2D eigenvalue weighted by Gasteiger charge is 2.34. The Balaban J connectivity index is 1.98. The van der Waals surface area contributed by atoms with Gasteiger partial charge >= 0.3 is 0 Å². The maximum atomic E-state index is 6.21. The number of hydrogen-bond donors (Lipinski definition) is 0. The van der Waals surface area contributed by atoms with Crippen LogP contribution in [0.3, 0.4) is 0 Å². The molecule has 1 aromatic carbocycles. The summed E-state index contributed by atoms with van der Waals surface area (Å²) in [4.78, 5) is 6.70. The van der Waals surface area contributed by atoms with Gasteiger partial charge in [0.15, 0.2) is 0 Å². The van der Waals surface area contributed by atoms with Crippen LogP contribution in [0, 0.1) is 12.8 Å². The highest BCUT2D eigenvalue weighted by atomic mass is 16.3. The lowest BCUT2D eigenvalue weighted by atomic mass is 9.82. The first kappa shape index (κ1) is 15.9. The van der Waals surface area contributed by atoms with E-state index in [2.05, 4.69) is 81.2 Å². The molecule has 1 atom stereocenters. The van der Waals surface area contributed by atoms with Crippen LogP contribution in [0.25, 0.3) is 22.1 Å². The van der Waals surface area contributed by atoms with Crippen LogP contribution in [0.2, 0.25) is 0 Å². The highest BCUT2D eigenvalue weighted by Crippen LogP contribution is 2.42. The van der Waals surface area contributed by atoms with Crippen LogP contribution < -0.4 is 0 Å². The molecule has 0 N–H and O–H groups in total. The molecule has 0 saturated heterocycles. The Morgan fingerprint density at radius 1 is 1.16 bits per heavy atom. The molecule has 3 heterocycles. The Labute approximate surface area is 148 Å². The van der Waals surface area contributed by atoms with E-state index in [0.29, 0.717) is 11.6 Å². The van der Waals surface area contributed by atoms with Crippen molar-refractivity contribution in [1.82, 2.24) is 9.88 Å². The van der Waals surface area contributed by atoms with Crippen LogP contribution in [0.1, 0.15) is 31.9 Å². The Morgan fingerprint density at radius 3 is 2.68 bits per heavy atom. The molecule has 0 aliphatic carbocycles. The molecule has 0 amide bonds. The number of pyridine rings is 1. The molecule has 0 fully saturated rings. The zero-order valence-electron chi connectivity index (χ0n) is 15.5. The first-order chi connectivity index (χ1) is 11.9. The number of fused-ring (bicyclic) bond motifs is 3. The number of allylic oxidation sites excluding steroid dienone is 2. The molecule has 3 nitrogen and oxygen atoms in total. The quantitative estimate of drug-likeness (QED) is 0.616. The Hall–Kier alpha value is -2.55. The van der Waals surface area contributed by atoms with E-state index < -0.39 is 0 Å². The van der Waals surface area contributed by atoms with E-state index in [1.165, 1.54) is 16.7 Å². The van der Waals surface area contributed by atoms with E-state index in [9.17, 15) is 0 Å². The van der Waals surface area contributed by atoms with Crippen molar-refractivity contribution in [3.8, 4) is 0 Å². The van der Waals surface area contributed by atoms with Crippen molar-refractivity contribution in [2.45, 2.75) is 33.2 Å². The molecule has 25 heavy (non-hydrogen) atoms. The number of hydrogen-bond acceptors (Lipinski definition) is 3. The fraction of sp³-hybridized carbons (Fsp3) is 0.318. The average molecular weight is 332 g/mol. The molecule has 3 aromatic rings. The van der Waals surface area contributed by atoms with Gasteiger partial charge in [-0.1, -0.05) is 38.1 Å². The third-order valence-corrected chi connectivity index (χ3v) is 5.47. The van der Waals surface area contributed by atoms with E-state index in [1.54, 1.807) is 6.20 Å². The van der Waals surface area contributed by atoms with Gasteiger partial charge in [0.1, 0.15) is 5.58 Å². The standard InChI is InChI=1S/C22H24N2O/c1-14(2)16-10-11-22(4,24(5)13-16)19-15(3)8-9-17-18-7-6-12-23-21(18)25-20(17)19/h6-14H,1-5H3. The van der Waals surface area contributed by atoms with Crippen LogP contribution in [0.4, 0.5) is 0 Å². The molecular weight excluding hydrogens is 308 g/mol. The molecule has 1 aliphatic rings. The number of benzene rings is 1. The van der Waals surface area contributed by atoms with E-state index >= 15 is 0 Å². The summed E-state index contributed by atoms with van der Waals surface area (Å²) in [5.74, 6) is 0.510. The second kappa shape index (κ2) is 5.48. The summed E-state index contributed by atoms with van der Waals surface area (Å²) in [6, 6.07) is 8.37. The molecule has 2 aromatic heterocycles. The zero-order chi connectivity index (χ0) is 17.8. The van der Waals surface area contributed by atoms with Gasteiger partial charge < -0.3 is 9.32 Å². The number of rotatable bonds is 2. The van der Waals surface area contributed by atoms with Crippen LogP contribution in [0.15, 0.2) is 58.8 Å². The monoisotopic (exact) mass is 332 g/mol. The summed E-state index contributed by atoms with van der Waals surface area (Å²) < 4.78 is 6.21. The molecule has 0 spiro atoms. The van der Waals surface area contributed by atoms with Gasteiger partial charge in [-0.15, -0.1) is 0 Å². The normalized spacial score (nSPS) is 20.7. The van der Waals surface area contributed by atoms with E-state index in [4.69, 9.17) is 4.42 Å². The highest BCUT2D eigenvalue weighted by molar-refractivity contribution is 6.05. The summed E-state index contributed by atoms with van der Waals surface area (Å²) in [6.45, 7) is 8.86. The van der Waals surface area contributed by atoms with Crippen LogP contribution >= 0.6 is 0 Å². The zero-order valence-corrected chi connectivity index (χ0v) is 15.5. The molecule has 1 aliphatic heterocycles. The largest absolute Gasteiger partial charge is 0.437 e. The topological polar surface area (TPSA) is 29.3 Å². The van der Waals surface area contributed by atoms with E-state index in [0.717, 1.165) is 16.4 Å². The summed E-state index contributed by atoms with van der Waals surface area (Å²) in [5, 5.41) is 2.20. The molecule has 0 saturated carbocycles. The molecule has 3 heteroatoms. The van der Waals surface area contributed by atoms with Crippen molar-refractivity contribution >= 4 is 22.1 Å². The first-order valence-corrected chi connectivity index (χ1v) is 8.83. The summed E-state index contributed by atoms with van der Waals surface area (Å²) in [7, 11) is 2.14. The molecule has 0 radical (unpaired) electrons. The van der Waals surface area contributed by atoms with Gasteiger partial charge in [0.25, 0.3) is 0 Å². The van der Waals surface area contributed by atoms with Crippen molar-refractivity contribution in [3.63, 3.8) is 0 Å². The Kier molecular flexibility index (Phi) is 3.50. The van der Waals surface area contributed by atoms with Crippen LogP contribution in [-0.4, -0.2) is 16.9 Å². The number of furan rings is 1. The number of aromatic nitrogens is 1. The number of aryl methyl sites for hydroxylation is 1. The summed E-state index contributed by atoms with van der Waals surface area (Å²) in [5.41, 5.74) is 5.17. The van der Waals surface area contributed by atoms with Crippen molar-refractivity contribution in [3.05, 3.63) is 65.5 Å². The lowest BCUT2D eigenvalue weighted by Crippen LogP contribution is -2.39. The fourth-order valence-corrected chi connectivity index (χ4v) is 3.78. The minimum atomic E-state index is -0.254. The van der Waals surface area contributed by atoms with Crippen molar-refractivity contribution < 1.29 is 4.42 Å². The van der Waals surface area contributed by atoms with Crippen molar-refractivity contribution in [2.24, 2.45) is 5.92 Å². The van der Waals surface area contributed by atoms with Gasteiger partial charge in [0, 0.05) is 35.8 Å². The lowest BCUT2D eigenvalue weighted by Gasteiger charge is -2.40. The Morgan fingerprint density at radius 2 is 1.96 bits per heavy atom. The van der Waals surface area contributed by atoms with Gasteiger partial charge in [0.2, 0.25) is 5.71 Å². The smallest absolute Gasteiger partial charge is 0.227 e. The summed E-state index contributed by atoms with van der Waals surface area (Å²) in [6.07, 6.45) is 8.58. The SMILES string of the molecule is Cc1ccc2c(oc3ncccc32)c1C1(C)C=CC(C(C)C)=CN1C. The molecule has 0 bridgehead atoms. The lowest BCUT2D eigenvalue weighted by molar-refractivity contribution is 0.256. The molecule has 1 unspecified atom stereocenters. The van der Waals surface area contributed by atoms with Gasteiger partial charge in [0.05, 0.1) is 5.54 Å². The van der Waals surface area contributed by atoms with Crippen LogP contribution in [-0.2, 0) is 5.54 Å². The van der Waals surface area contributed by atoms with E-state index in [-0.39, 0.29) is 5.54 Å². The van der Waals surface area contributed by atoms with Crippen LogP contribution in [0.5, 0.6) is 0 Å².